The fourth-order valence-electron chi connectivity index (χ4n) is 3.06. The zero-order valence-corrected chi connectivity index (χ0v) is 19.0. The van der Waals surface area contributed by atoms with Gasteiger partial charge in [-0.05, 0) is 73.0 Å². The van der Waals surface area contributed by atoms with Gasteiger partial charge in [-0.3, -0.25) is 9.10 Å². The molecule has 166 valence electrons. The third-order valence-electron chi connectivity index (χ3n) is 4.98. The Balaban J connectivity index is 1.84. The Morgan fingerprint density at radius 2 is 1.69 bits per heavy atom. The van der Waals surface area contributed by atoms with E-state index < -0.39 is 22.5 Å². The molecular formula is C24H25N3O4S. The van der Waals surface area contributed by atoms with Gasteiger partial charge < -0.3 is 4.74 Å². The molecule has 1 amide bonds. The number of benzene rings is 3. The summed E-state index contributed by atoms with van der Waals surface area (Å²) in [6, 6.07) is 20.5. The van der Waals surface area contributed by atoms with Crippen LogP contribution in [-0.2, 0) is 14.8 Å². The molecule has 3 rings (SSSR count). The van der Waals surface area contributed by atoms with Gasteiger partial charge in [0.25, 0.3) is 15.9 Å². The molecule has 0 spiro atoms. The van der Waals surface area contributed by atoms with Crippen LogP contribution in [-0.4, -0.2) is 34.2 Å². The molecule has 0 aliphatic carbocycles. The summed E-state index contributed by atoms with van der Waals surface area (Å²) < 4.78 is 33.0. The molecule has 0 fully saturated rings. The highest BCUT2D eigenvalue weighted by Crippen LogP contribution is 2.28. The SMILES string of the molecule is COc1ccc(/C=N\NC(=O)CN(c2cccc(C)c2C)S(=O)(=O)c2ccccc2)cc1. The number of carbonyl (C=O) groups is 1. The lowest BCUT2D eigenvalue weighted by Gasteiger charge is -2.26. The van der Waals surface area contributed by atoms with Crippen molar-refractivity contribution in [1.82, 2.24) is 5.43 Å². The number of anilines is 1. The van der Waals surface area contributed by atoms with Crippen LogP contribution in [0.4, 0.5) is 5.69 Å². The van der Waals surface area contributed by atoms with Crippen molar-refractivity contribution in [2.45, 2.75) is 18.7 Å². The van der Waals surface area contributed by atoms with Crippen LogP contribution in [0, 0.1) is 13.8 Å². The topological polar surface area (TPSA) is 88.1 Å². The van der Waals surface area contributed by atoms with Gasteiger partial charge in [0.05, 0.1) is 23.9 Å². The number of nitrogens with zero attached hydrogens (tertiary/aromatic N) is 2. The van der Waals surface area contributed by atoms with E-state index in [2.05, 4.69) is 10.5 Å². The minimum atomic E-state index is -3.97. The Bertz CT molecular complexity index is 1210. The highest BCUT2D eigenvalue weighted by Gasteiger charge is 2.28. The molecule has 0 heterocycles. The maximum absolute atomic E-state index is 13.4. The van der Waals surface area contributed by atoms with E-state index in [0.29, 0.717) is 11.4 Å². The van der Waals surface area contributed by atoms with Crippen molar-refractivity contribution in [3.05, 3.63) is 89.5 Å². The quantitative estimate of drug-likeness (QED) is 0.418. The number of rotatable bonds is 8. The van der Waals surface area contributed by atoms with E-state index >= 15 is 0 Å². The molecule has 0 unspecified atom stereocenters. The van der Waals surface area contributed by atoms with E-state index in [0.717, 1.165) is 21.0 Å². The number of hydrazone groups is 1. The van der Waals surface area contributed by atoms with Crippen LogP contribution < -0.4 is 14.5 Å². The van der Waals surface area contributed by atoms with Crippen molar-refractivity contribution >= 4 is 27.8 Å². The third-order valence-corrected chi connectivity index (χ3v) is 6.76. The number of amides is 1. The summed E-state index contributed by atoms with van der Waals surface area (Å²) in [4.78, 5) is 12.7. The van der Waals surface area contributed by atoms with Crippen LogP contribution in [0.25, 0.3) is 0 Å². The summed E-state index contributed by atoms with van der Waals surface area (Å²) in [5.41, 5.74) is 5.32. The second-order valence-corrected chi connectivity index (χ2v) is 8.97. The summed E-state index contributed by atoms with van der Waals surface area (Å²) in [6.07, 6.45) is 1.48. The number of nitrogens with one attached hydrogen (secondary N) is 1. The maximum atomic E-state index is 13.4. The molecule has 0 aliphatic rings. The monoisotopic (exact) mass is 451 g/mol. The summed E-state index contributed by atoms with van der Waals surface area (Å²) in [7, 11) is -2.39. The lowest BCUT2D eigenvalue weighted by molar-refractivity contribution is -0.119. The normalized spacial score (nSPS) is 11.3. The van der Waals surface area contributed by atoms with Crippen LogP contribution in [0.5, 0.6) is 5.75 Å². The zero-order chi connectivity index (χ0) is 23.1. The molecule has 0 atom stereocenters. The van der Waals surface area contributed by atoms with Crippen molar-refractivity contribution < 1.29 is 17.9 Å². The molecule has 1 N–H and O–H groups in total. The minimum absolute atomic E-state index is 0.107. The minimum Gasteiger partial charge on any atom is -0.497 e. The molecule has 0 bridgehead atoms. The first-order valence-electron chi connectivity index (χ1n) is 9.93. The number of carbonyl (C=O) groups excluding carboxylic acids is 1. The second kappa shape index (κ2) is 10.1. The van der Waals surface area contributed by atoms with E-state index in [4.69, 9.17) is 4.74 Å². The Morgan fingerprint density at radius 1 is 1.00 bits per heavy atom. The standard InChI is InChI=1S/C24H25N3O4S/c1-18-8-7-11-23(19(18)2)27(32(29,30)22-9-5-4-6-10-22)17-24(28)26-25-16-20-12-14-21(31-3)15-13-20/h4-16H,17H2,1-3H3,(H,26,28)/b25-16-. The van der Waals surface area contributed by atoms with Gasteiger partial charge in [-0.15, -0.1) is 0 Å². The zero-order valence-electron chi connectivity index (χ0n) is 18.1. The van der Waals surface area contributed by atoms with E-state index in [-0.39, 0.29) is 4.90 Å². The van der Waals surface area contributed by atoms with Crippen molar-refractivity contribution in [3.8, 4) is 5.75 Å². The summed E-state index contributed by atoms with van der Waals surface area (Å²) >= 11 is 0. The van der Waals surface area contributed by atoms with Gasteiger partial charge in [-0.25, -0.2) is 13.8 Å². The van der Waals surface area contributed by atoms with E-state index in [1.165, 1.54) is 18.3 Å². The number of sulfonamides is 1. The first-order chi connectivity index (χ1) is 15.3. The largest absolute Gasteiger partial charge is 0.497 e. The smallest absolute Gasteiger partial charge is 0.264 e. The predicted octanol–water partition coefficient (Wildman–Crippen LogP) is 3.66. The number of methoxy groups -OCH3 is 1. The molecule has 0 saturated heterocycles. The average molecular weight is 452 g/mol. The Morgan fingerprint density at radius 3 is 2.34 bits per heavy atom. The molecule has 0 aromatic heterocycles. The summed E-state index contributed by atoms with van der Waals surface area (Å²) in [5, 5.41) is 3.95. The van der Waals surface area contributed by atoms with Gasteiger partial charge in [0.2, 0.25) is 0 Å². The Hall–Kier alpha value is -3.65. The van der Waals surface area contributed by atoms with Crippen LogP contribution in [0.15, 0.2) is 82.8 Å². The van der Waals surface area contributed by atoms with Gasteiger partial charge in [-0.1, -0.05) is 30.3 Å². The molecule has 0 saturated carbocycles. The first kappa shape index (κ1) is 23.0. The van der Waals surface area contributed by atoms with Crippen LogP contribution in [0.2, 0.25) is 0 Å². The van der Waals surface area contributed by atoms with Gasteiger partial charge in [0, 0.05) is 0 Å². The van der Waals surface area contributed by atoms with Crippen molar-refractivity contribution in [2.75, 3.05) is 18.0 Å². The van der Waals surface area contributed by atoms with Crippen molar-refractivity contribution in [2.24, 2.45) is 5.10 Å². The molecule has 32 heavy (non-hydrogen) atoms. The van der Waals surface area contributed by atoms with Gasteiger partial charge in [-0.2, -0.15) is 5.10 Å². The molecule has 0 radical (unpaired) electrons. The molecule has 0 aliphatic heterocycles. The van der Waals surface area contributed by atoms with E-state index in [1.807, 2.05) is 19.9 Å². The average Bonchev–Trinajstić information content (AvgIpc) is 2.80. The Labute approximate surface area is 188 Å². The van der Waals surface area contributed by atoms with Crippen molar-refractivity contribution in [1.29, 1.82) is 0 Å². The van der Waals surface area contributed by atoms with Crippen molar-refractivity contribution in [3.63, 3.8) is 0 Å². The highest BCUT2D eigenvalue weighted by molar-refractivity contribution is 7.92. The third kappa shape index (κ3) is 5.33. The molecule has 8 heteroatoms. The number of hydrogen-bond acceptors (Lipinski definition) is 5. The number of hydrogen-bond donors (Lipinski definition) is 1. The van der Waals surface area contributed by atoms with E-state index in [9.17, 15) is 13.2 Å². The number of ether oxygens (including phenoxy) is 1. The van der Waals surface area contributed by atoms with Gasteiger partial charge in [0.1, 0.15) is 12.3 Å². The lowest BCUT2D eigenvalue weighted by atomic mass is 10.1. The Kier molecular flexibility index (Phi) is 7.27. The lowest BCUT2D eigenvalue weighted by Crippen LogP contribution is -2.40. The highest BCUT2D eigenvalue weighted by atomic mass is 32.2. The number of aryl methyl sites for hydroxylation is 1. The fourth-order valence-corrected chi connectivity index (χ4v) is 4.56. The summed E-state index contributed by atoms with van der Waals surface area (Å²) in [5.74, 6) is 0.150. The van der Waals surface area contributed by atoms with E-state index in [1.54, 1.807) is 61.7 Å². The predicted molar refractivity (Wildman–Crippen MR) is 126 cm³/mol. The summed E-state index contributed by atoms with van der Waals surface area (Å²) in [6.45, 7) is 3.31. The van der Waals surface area contributed by atoms with Crippen LogP contribution in [0.3, 0.4) is 0 Å². The maximum Gasteiger partial charge on any atom is 0.264 e. The van der Waals surface area contributed by atoms with Gasteiger partial charge >= 0.3 is 0 Å². The molecule has 3 aromatic rings. The molecule has 7 nitrogen and oxygen atoms in total. The fraction of sp³-hybridized carbons (Fsp3) is 0.167. The molecular weight excluding hydrogens is 426 g/mol. The molecule has 3 aromatic carbocycles. The van der Waals surface area contributed by atoms with Gasteiger partial charge in [0.15, 0.2) is 0 Å². The van der Waals surface area contributed by atoms with Crippen LogP contribution in [0.1, 0.15) is 16.7 Å². The first-order valence-corrected chi connectivity index (χ1v) is 11.4. The van der Waals surface area contributed by atoms with Crippen LogP contribution >= 0.6 is 0 Å². The second-order valence-electron chi connectivity index (χ2n) is 7.11.